The first-order valence-corrected chi connectivity index (χ1v) is 5.97. The molecule has 1 aromatic carbocycles. The van der Waals surface area contributed by atoms with Crippen molar-refractivity contribution in [3.63, 3.8) is 0 Å². The van der Waals surface area contributed by atoms with Gasteiger partial charge in [0.15, 0.2) is 0 Å². The minimum Gasteiger partial charge on any atom is -0.480 e. The highest BCUT2D eigenvalue weighted by Gasteiger charge is 2.37. The fourth-order valence-electron chi connectivity index (χ4n) is 1.88. The summed E-state index contributed by atoms with van der Waals surface area (Å²) in [5.41, 5.74) is 5.01. The van der Waals surface area contributed by atoms with Crippen LogP contribution in [0.15, 0.2) is 18.2 Å². The monoisotopic (exact) mass is 279 g/mol. The van der Waals surface area contributed by atoms with E-state index in [0.29, 0.717) is 0 Å². The van der Waals surface area contributed by atoms with Crippen molar-refractivity contribution in [3.8, 4) is 0 Å². The predicted molar refractivity (Wildman–Crippen MR) is 69.1 cm³/mol. The van der Waals surface area contributed by atoms with Crippen molar-refractivity contribution >= 4 is 23.3 Å². The summed E-state index contributed by atoms with van der Waals surface area (Å²) in [5, 5.41) is 22.1. The SMILES string of the molecule is Nc1ccc(C(=O)NC(C(=O)O)C2CC2)cc1[N+](=O)[O-]. The molecule has 0 bridgehead atoms. The summed E-state index contributed by atoms with van der Waals surface area (Å²) in [6, 6.07) is 2.65. The number of hydrogen-bond acceptors (Lipinski definition) is 5. The first-order chi connectivity index (χ1) is 9.40. The number of benzene rings is 1. The van der Waals surface area contributed by atoms with Gasteiger partial charge in [0.2, 0.25) is 0 Å². The van der Waals surface area contributed by atoms with E-state index in [1.807, 2.05) is 0 Å². The lowest BCUT2D eigenvalue weighted by Gasteiger charge is -2.13. The van der Waals surface area contributed by atoms with Crippen LogP contribution in [0.4, 0.5) is 11.4 Å². The van der Waals surface area contributed by atoms with Gasteiger partial charge in [-0.1, -0.05) is 0 Å². The maximum Gasteiger partial charge on any atom is 0.326 e. The molecule has 1 saturated carbocycles. The second-order valence-corrected chi connectivity index (χ2v) is 4.66. The topological polar surface area (TPSA) is 136 Å². The molecule has 1 aromatic rings. The van der Waals surface area contributed by atoms with Crippen molar-refractivity contribution in [1.82, 2.24) is 5.32 Å². The molecular formula is C12H13N3O5. The Hall–Kier alpha value is -2.64. The van der Waals surface area contributed by atoms with Gasteiger partial charge in [0.25, 0.3) is 11.6 Å². The summed E-state index contributed by atoms with van der Waals surface area (Å²) in [5.74, 6) is -1.83. The van der Waals surface area contributed by atoms with Crippen molar-refractivity contribution in [2.45, 2.75) is 18.9 Å². The maximum atomic E-state index is 11.9. The van der Waals surface area contributed by atoms with Gasteiger partial charge in [-0.3, -0.25) is 14.9 Å². The molecule has 4 N–H and O–H groups in total. The molecule has 1 aliphatic rings. The van der Waals surface area contributed by atoms with Crippen molar-refractivity contribution in [2.24, 2.45) is 5.92 Å². The second-order valence-electron chi connectivity index (χ2n) is 4.66. The van der Waals surface area contributed by atoms with Gasteiger partial charge in [-0.05, 0) is 30.9 Å². The van der Waals surface area contributed by atoms with Crippen LogP contribution in [-0.4, -0.2) is 27.9 Å². The zero-order valence-corrected chi connectivity index (χ0v) is 10.4. The number of nitrogens with zero attached hydrogens (tertiary/aromatic N) is 1. The number of hydrogen-bond donors (Lipinski definition) is 3. The molecule has 1 amide bonds. The van der Waals surface area contributed by atoms with Crippen LogP contribution in [0.2, 0.25) is 0 Å². The Balaban J connectivity index is 2.18. The Morgan fingerprint density at radius 2 is 2.10 bits per heavy atom. The quantitative estimate of drug-likeness (QED) is 0.414. The van der Waals surface area contributed by atoms with Gasteiger partial charge in [-0.2, -0.15) is 0 Å². The van der Waals surface area contributed by atoms with E-state index in [2.05, 4.69) is 5.32 Å². The van der Waals surface area contributed by atoms with Crippen molar-refractivity contribution in [1.29, 1.82) is 0 Å². The van der Waals surface area contributed by atoms with Crippen LogP contribution in [0.5, 0.6) is 0 Å². The molecule has 0 aromatic heterocycles. The molecule has 0 radical (unpaired) electrons. The molecule has 0 heterocycles. The van der Waals surface area contributed by atoms with E-state index in [9.17, 15) is 19.7 Å². The molecule has 2 rings (SSSR count). The largest absolute Gasteiger partial charge is 0.480 e. The van der Waals surface area contributed by atoms with E-state index in [1.165, 1.54) is 12.1 Å². The molecule has 106 valence electrons. The molecule has 0 aliphatic heterocycles. The number of nitro groups is 1. The Morgan fingerprint density at radius 1 is 1.45 bits per heavy atom. The first kappa shape index (κ1) is 13.8. The van der Waals surface area contributed by atoms with E-state index in [-0.39, 0.29) is 22.9 Å². The number of nitrogens with two attached hydrogens (primary N) is 1. The standard InChI is InChI=1S/C12H13N3O5/c13-8-4-3-7(5-9(8)15(19)20)11(16)14-10(12(17)18)6-1-2-6/h3-6,10H,1-2,13H2,(H,14,16)(H,17,18). The number of nitro benzene ring substituents is 1. The molecule has 1 unspecified atom stereocenters. The van der Waals surface area contributed by atoms with Crippen LogP contribution in [0.3, 0.4) is 0 Å². The summed E-state index contributed by atoms with van der Waals surface area (Å²) in [6.07, 6.45) is 1.50. The minimum atomic E-state index is -1.11. The van der Waals surface area contributed by atoms with Gasteiger partial charge < -0.3 is 16.2 Å². The number of carboxylic acids is 1. The molecule has 0 spiro atoms. The van der Waals surface area contributed by atoms with Gasteiger partial charge >= 0.3 is 5.97 Å². The maximum absolute atomic E-state index is 11.9. The Kier molecular flexibility index (Phi) is 3.55. The summed E-state index contributed by atoms with van der Waals surface area (Å²) in [6.45, 7) is 0. The van der Waals surface area contributed by atoms with E-state index in [1.54, 1.807) is 0 Å². The Bertz CT molecular complexity index is 582. The molecule has 1 atom stereocenters. The zero-order valence-electron chi connectivity index (χ0n) is 10.4. The zero-order chi connectivity index (χ0) is 14.9. The highest BCUT2D eigenvalue weighted by atomic mass is 16.6. The van der Waals surface area contributed by atoms with Crippen LogP contribution in [0.1, 0.15) is 23.2 Å². The fourth-order valence-corrected chi connectivity index (χ4v) is 1.88. The molecular weight excluding hydrogens is 266 g/mol. The van der Waals surface area contributed by atoms with E-state index in [4.69, 9.17) is 10.8 Å². The van der Waals surface area contributed by atoms with E-state index in [0.717, 1.165) is 18.9 Å². The van der Waals surface area contributed by atoms with Gasteiger partial charge in [0.05, 0.1) is 4.92 Å². The summed E-state index contributed by atoms with van der Waals surface area (Å²) >= 11 is 0. The summed E-state index contributed by atoms with van der Waals surface area (Å²) < 4.78 is 0. The third-order valence-corrected chi connectivity index (χ3v) is 3.14. The van der Waals surface area contributed by atoms with Crippen LogP contribution < -0.4 is 11.1 Å². The number of nitrogens with one attached hydrogen (secondary N) is 1. The summed E-state index contributed by atoms with van der Waals surface area (Å²) in [4.78, 5) is 33.0. The van der Waals surface area contributed by atoms with Gasteiger partial charge in [-0.25, -0.2) is 4.79 Å². The van der Waals surface area contributed by atoms with Crippen LogP contribution in [0.25, 0.3) is 0 Å². The number of rotatable bonds is 5. The molecule has 1 fully saturated rings. The van der Waals surface area contributed by atoms with Crippen molar-refractivity contribution < 1.29 is 19.6 Å². The number of carbonyl (C=O) groups excluding carboxylic acids is 1. The van der Waals surface area contributed by atoms with E-state index < -0.39 is 22.8 Å². The third kappa shape index (κ3) is 2.85. The third-order valence-electron chi connectivity index (χ3n) is 3.14. The smallest absolute Gasteiger partial charge is 0.326 e. The number of aliphatic carboxylic acids is 1. The minimum absolute atomic E-state index is 0.0119. The highest BCUT2D eigenvalue weighted by Crippen LogP contribution is 2.33. The Labute approximate surface area is 113 Å². The van der Waals surface area contributed by atoms with Crippen LogP contribution >= 0.6 is 0 Å². The molecule has 1 aliphatic carbocycles. The Morgan fingerprint density at radius 3 is 2.60 bits per heavy atom. The predicted octanol–water partition coefficient (Wildman–Crippen LogP) is 0.770. The highest BCUT2D eigenvalue weighted by molar-refractivity contribution is 5.97. The lowest BCUT2D eigenvalue weighted by molar-refractivity contribution is -0.383. The van der Waals surface area contributed by atoms with Gasteiger partial charge in [0, 0.05) is 11.6 Å². The number of amides is 1. The second kappa shape index (κ2) is 5.16. The first-order valence-electron chi connectivity index (χ1n) is 5.97. The van der Waals surface area contributed by atoms with Crippen LogP contribution in [-0.2, 0) is 4.79 Å². The van der Waals surface area contributed by atoms with Crippen LogP contribution in [0, 0.1) is 16.0 Å². The number of carboxylic acid groups (broad SMARTS) is 1. The number of nitrogen functional groups attached to an aromatic ring is 1. The molecule has 8 heteroatoms. The molecule has 0 saturated heterocycles. The van der Waals surface area contributed by atoms with E-state index >= 15 is 0 Å². The molecule has 8 nitrogen and oxygen atoms in total. The van der Waals surface area contributed by atoms with Crippen molar-refractivity contribution in [2.75, 3.05) is 5.73 Å². The lowest BCUT2D eigenvalue weighted by Crippen LogP contribution is -2.42. The fraction of sp³-hybridized carbons (Fsp3) is 0.333. The average molecular weight is 279 g/mol. The average Bonchev–Trinajstić information content (AvgIpc) is 3.19. The van der Waals surface area contributed by atoms with Gasteiger partial charge in [0.1, 0.15) is 11.7 Å². The normalized spacial score (nSPS) is 15.4. The summed E-state index contributed by atoms with van der Waals surface area (Å²) in [7, 11) is 0. The van der Waals surface area contributed by atoms with Crippen molar-refractivity contribution in [3.05, 3.63) is 33.9 Å². The number of carbonyl (C=O) groups is 2. The van der Waals surface area contributed by atoms with Gasteiger partial charge in [-0.15, -0.1) is 0 Å². The lowest BCUT2D eigenvalue weighted by atomic mass is 10.1. The number of anilines is 1. The molecule has 20 heavy (non-hydrogen) atoms.